The van der Waals surface area contributed by atoms with Crippen molar-refractivity contribution in [2.45, 2.75) is 52.2 Å². The topological polar surface area (TPSA) is 88.9 Å². The monoisotopic (exact) mass is 346 g/mol. The normalized spacial score (nSPS) is 18.1. The number of aromatic amines is 1. The molecule has 1 N–H and O–H groups in total. The van der Waals surface area contributed by atoms with Gasteiger partial charge in [0.25, 0.3) is 0 Å². The standard InChI is InChI=1S/C17H26N6O2/c1-4-5-15-18-17(20-19-15)14-11-22(8-9-25-14)16(24)10-13-6-7-23(21-13)12(2)3/h6-7,12,14H,4-5,8-11H2,1-3H3,(H,18,19,20)/t14-/m0/s1. The number of morpholine rings is 1. The number of aromatic nitrogens is 5. The maximum absolute atomic E-state index is 12.6. The largest absolute Gasteiger partial charge is 0.366 e. The molecule has 0 aromatic carbocycles. The Morgan fingerprint density at radius 1 is 1.48 bits per heavy atom. The van der Waals surface area contributed by atoms with Crippen LogP contribution in [0.5, 0.6) is 0 Å². The first-order valence-corrected chi connectivity index (χ1v) is 8.91. The molecule has 3 heterocycles. The third-order valence-electron chi connectivity index (χ3n) is 4.27. The summed E-state index contributed by atoms with van der Waals surface area (Å²) in [6.45, 7) is 7.79. The lowest BCUT2D eigenvalue weighted by Gasteiger charge is -2.31. The number of hydrogen-bond acceptors (Lipinski definition) is 5. The van der Waals surface area contributed by atoms with Gasteiger partial charge in [0.15, 0.2) is 5.82 Å². The molecule has 3 rings (SSSR count). The summed E-state index contributed by atoms with van der Waals surface area (Å²) in [6.07, 6.45) is 3.82. The Hall–Kier alpha value is -2.22. The van der Waals surface area contributed by atoms with Crippen LogP contribution in [-0.2, 0) is 22.4 Å². The molecule has 0 spiro atoms. The third kappa shape index (κ3) is 4.25. The Bertz CT molecular complexity index is 708. The van der Waals surface area contributed by atoms with E-state index in [9.17, 15) is 4.79 Å². The number of nitrogens with one attached hydrogen (secondary N) is 1. The molecule has 1 aliphatic rings. The summed E-state index contributed by atoms with van der Waals surface area (Å²) in [5.74, 6) is 1.56. The Morgan fingerprint density at radius 2 is 2.32 bits per heavy atom. The number of aryl methyl sites for hydroxylation is 1. The van der Waals surface area contributed by atoms with E-state index in [2.05, 4.69) is 41.1 Å². The van der Waals surface area contributed by atoms with E-state index in [0.717, 1.165) is 24.4 Å². The second-order valence-electron chi connectivity index (χ2n) is 6.65. The van der Waals surface area contributed by atoms with Crippen molar-refractivity contribution in [1.29, 1.82) is 0 Å². The molecule has 2 aromatic heterocycles. The van der Waals surface area contributed by atoms with Gasteiger partial charge in [-0.1, -0.05) is 6.92 Å². The molecule has 1 amide bonds. The van der Waals surface area contributed by atoms with E-state index in [1.165, 1.54) is 0 Å². The predicted octanol–water partition coefficient (Wildman–Crippen LogP) is 1.68. The van der Waals surface area contributed by atoms with Gasteiger partial charge in [-0.3, -0.25) is 14.6 Å². The van der Waals surface area contributed by atoms with Gasteiger partial charge in [-0.15, -0.1) is 0 Å². The fourth-order valence-corrected chi connectivity index (χ4v) is 2.86. The molecule has 1 fully saturated rings. The first kappa shape index (κ1) is 17.6. The van der Waals surface area contributed by atoms with Crippen molar-refractivity contribution in [1.82, 2.24) is 29.9 Å². The van der Waals surface area contributed by atoms with Crippen LogP contribution in [0.15, 0.2) is 12.3 Å². The molecule has 2 aromatic rings. The molecular weight excluding hydrogens is 320 g/mol. The summed E-state index contributed by atoms with van der Waals surface area (Å²) in [6, 6.07) is 2.20. The highest BCUT2D eigenvalue weighted by Crippen LogP contribution is 2.20. The number of nitrogens with zero attached hydrogens (tertiary/aromatic N) is 5. The summed E-state index contributed by atoms with van der Waals surface area (Å²) in [4.78, 5) is 18.9. The zero-order chi connectivity index (χ0) is 17.8. The second-order valence-corrected chi connectivity index (χ2v) is 6.65. The van der Waals surface area contributed by atoms with E-state index in [1.54, 1.807) is 0 Å². The van der Waals surface area contributed by atoms with E-state index in [0.29, 0.717) is 38.0 Å². The summed E-state index contributed by atoms with van der Waals surface area (Å²) >= 11 is 0. The van der Waals surface area contributed by atoms with Crippen LogP contribution >= 0.6 is 0 Å². The number of amides is 1. The van der Waals surface area contributed by atoms with Crippen LogP contribution in [-0.4, -0.2) is 55.5 Å². The third-order valence-corrected chi connectivity index (χ3v) is 4.27. The van der Waals surface area contributed by atoms with E-state index < -0.39 is 0 Å². The molecule has 0 radical (unpaired) electrons. The molecule has 0 saturated carbocycles. The fourth-order valence-electron chi connectivity index (χ4n) is 2.86. The highest BCUT2D eigenvalue weighted by atomic mass is 16.5. The van der Waals surface area contributed by atoms with Crippen LogP contribution in [0, 0.1) is 0 Å². The van der Waals surface area contributed by atoms with Crippen molar-refractivity contribution >= 4 is 5.91 Å². The molecule has 136 valence electrons. The Morgan fingerprint density at radius 3 is 3.04 bits per heavy atom. The smallest absolute Gasteiger partial charge is 0.228 e. The molecule has 1 aliphatic heterocycles. The number of carbonyl (C=O) groups excluding carboxylic acids is 1. The number of hydrogen-bond donors (Lipinski definition) is 1. The van der Waals surface area contributed by atoms with Gasteiger partial charge in [0.1, 0.15) is 11.9 Å². The van der Waals surface area contributed by atoms with Crippen molar-refractivity contribution in [3.63, 3.8) is 0 Å². The average Bonchev–Trinajstić information content (AvgIpc) is 3.25. The van der Waals surface area contributed by atoms with Crippen molar-refractivity contribution < 1.29 is 9.53 Å². The average molecular weight is 346 g/mol. The lowest BCUT2D eigenvalue weighted by atomic mass is 10.2. The van der Waals surface area contributed by atoms with Gasteiger partial charge in [0.05, 0.1) is 25.3 Å². The van der Waals surface area contributed by atoms with Crippen LogP contribution in [0.2, 0.25) is 0 Å². The van der Waals surface area contributed by atoms with Crippen LogP contribution in [0.4, 0.5) is 0 Å². The molecule has 0 unspecified atom stereocenters. The molecule has 8 nitrogen and oxygen atoms in total. The maximum atomic E-state index is 12.6. The molecule has 1 saturated heterocycles. The van der Waals surface area contributed by atoms with Gasteiger partial charge in [-0.05, 0) is 26.3 Å². The van der Waals surface area contributed by atoms with Crippen LogP contribution in [0.3, 0.4) is 0 Å². The Balaban J connectivity index is 1.60. The SMILES string of the molecule is CCCc1nc([C@@H]2CN(C(=O)Cc3ccn(C(C)C)n3)CCO2)n[nH]1. The first-order chi connectivity index (χ1) is 12.1. The minimum Gasteiger partial charge on any atom is -0.366 e. The van der Waals surface area contributed by atoms with Gasteiger partial charge >= 0.3 is 0 Å². The zero-order valence-electron chi connectivity index (χ0n) is 15.1. The number of ether oxygens (including phenoxy) is 1. The lowest BCUT2D eigenvalue weighted by Crippen LogP contribution is -2.43. The zero-order valence-corrected chi connectivity index (χ0v) is 15.1. The van der Waals surface area contributed by atoms with Gasteiger partial charge in [0.2, 0.25) is 5.91 Å². The number of H-pyrrole nitrogens is 1. The highest BCUT2D eigenvalue weighted by Gasteiger charge is 2.28. The first-order valence-electron chi connectivity index (χ1n) is 8.91. The van der Waals surface area contributed by atoms with Gasteiger partial charge in [-0.25, -0.2) is 4.98 Å². The summed E-state index contributed by atoms with van der Waals surface area (Å²) in [5.41, 5.74) is 0.796. The minimum absolute atomic E-state index is 0.0617. The minimum atomic E-state index is -0.271. The summed E-state index contributed by atoms with van der Waals surface area (Å²) in [5, 5.41) is 11.6. The molecule has 1 atom stereocenters. The Labute approximate surface area is 147 Å². The van der Waals surface area contributed by atoms with E-state index in [-0.39, 0.29) is 12.0 Å². The van der Waals surface area contributed by atoms with E-state index in [4.69, 9.17) is 4.74 Å². The van der Waals surface area contributed by atoms with Gasteiger partial charge in [-0.2, -0.15) is 10.2 Å². The molecule has 8 heteroatoms. The van der Waals surface area contributed by atoms with Crippen molar-refractivity contribution in [3.05, 3.63) is 29.6 Å². The number of rotatable bonds is 6. The predicted molar refractivity (Wildman–Crippen MR) is 92.0 cm³/mol. The second kappa shape index (κ2) is 7.77. The van der Waals surface area contributed by atoms with Crippen LogP contribution in [0.1, 0.15) is 56.7 Å². The van der Waals surface area contributed by atoms with Crippen molar-refractivity contribution in [2.24, 2.45) is 0 Å². The Kier molecular flexibility index (Phi) is 5.47. The van der Waals surface area contributed by atoms with E-state index >= 15 is 0 Å². The van der Waals surface area contributed by atoms with Crippen molar-refractivity contribution in [2.75, 3.05) is 19.7 Å². The number of carbonyl (C=O) groups is 1. The van der Waals surface area contributed by atoms with Crippen molar-refractivity contribution in [3.8, 4) is 0 Å². The van der Waals surface area contributed by atoms with Crippen LogP contribution in [0.25, 0.3) is 0 Å². The quantitative estimate of drug-likeness (QED) is 0.859. The summed E-state index contributed by atoms with van der Waals surface area (Å²) < 4.78 is 7.63. The van der Waals surface area contributed by atoms with Gasteiger partial charge < -0.3 is 9.64 Å². The van der Waals surface area contributed by atoms with E-state index in [1.807, 2.05) is 21.8 Å². The molecule has 0 aliphatic carbocycles. The fraction of sp³-hybridized carbons (Fsp3) is 0.647. The summed E-state index contributed by atoms with van der Waals surface area (Å²) in [7, 11) is 0. The maximum Gasteiger partial charge on any atom is 0.228 e. The molecular formula is C17H26N6O2. The van der Waals surface area contributed by atoms with Crippen LogP contribution < -0.4 is 0 Å². The van der Waals surface area contributed by atoms with Gasteiger partial charge in [0, 0.05) is 25.2 Å². The molecule has 0 bridgehead atoms. The lowest BCUT2D eigenvalue weighted by molar-refractivity contribution is -0.138. The molecule has 25 heavy (non-hydrogen) atoms. The highest BCUT2D eigenvalue weighted by molar-refractivity contribution is 5.78.